The maximum absolute atomic E-state index is 12.4. The fourth-order valence-corrected chi connectivity index (χ4v) is 3.27. The number of non-ortho nitro benzene ring substituents is 1. The minimum Gasteiger partial charge on any atom is -0.324 e. The maximum Gasteiger partial charge on any atom is 0.269 e. The van der Waals surface area contributed by atoms with E-state index >= 15 is 0 Å². The van der Waals surface area contributed by atoms with Crippen LogP contribution in [-0.2, 0) is 14.8 Å². The third kappa shape index (κ3) is 4.53. The van der Waals surface area contributed by atoms with Gasteiger partial charge < -0.3 is 5.32 Å². The fraction of sp³-hybridized carbons (Fsp3) is 0.133. The smallest absolute Gasteiger partial charge is 0.269 e. The van der Waals surface area contributed by atoms with Crippen molar-refractivity contribution in [3.8, 4) is 0 Å². The van der Waals surface area contributed by atoms with Gasteiger partial charge in [0.1, 0.15) is 0 Å². The predicted octanol–water partition coefficient (Wildman–Crippen LogP) is 2.51. The van der Waals surface area contributed by atoms with Crippen LogP contribution in [0.2, 0.25) is 5.02 Å². The predicted molar refractivity (Wildman–Crippen MR) is 93.0 cm³/mol. The second-order valence-corrected chi connectivity index (χ2v) is 7.49. The van der Waals surface area contributed by atoms with Gasteiger partial charge in [-0.2, -0.15) is 4.31 Å². The fourth-order valence-electron chi connectivity index (χ4n) is 1.96. The van der Waals surface area contributed by atoms with Crippen LogP contribution in [0.15, 0.2) is 53.4 Å². The molecular weight excluding hydrogens is 370 g/mol. The number of sulfonamides is 1. The highest BCUT2D eigenvalue weighted by molar-refractivity contribution is 7.89. The molecule has 0 bridgehead atoms. The summed E-state index contributed by atoms with van der Waals surface area (Å²) in [4.78, 5) is 21.9. The average Bonchev–Trinajstić information content (AvgIpc) is 2.57. The Morgan fingerprint density at radius 3 is 2.36 bits per heavy atom. The lowest BCUT2D eigenvalue weighted by molar-refractivity contribution is -0.384. The first-order chi connectivity index (χ1) is 11.7. The van der Waals surface area contributed by atoms with Gasteiger partial charge in [-0.15, -0.1) is 0 Å². The summed E-state index contributed by atoms with van der Waals surface area (Å²) in [5, 5.41) is 13.5. The van der Waals surface area contributed by atoms with Crippen molar-refractivity contribution in [1.82, 2.24) is 4.31 Å². The molecule has 2 aromatic carbocycles. The Hall–Kier alpha value is -2.49. The van der Waals surface area contributed by atoms with E-state index in [4.69, 9.17) is 11.6 Å². The highest BCUT2D eigenvalue weighted by atomic mass is 35.5. The lowest BCUT2D eigenvalue weighted by Crippen LogP contribution is -2.35. The zero-order chi connectivity index (χ0) is 18.6. The number of carbonyl (C=O) groups is 1. The Morgan fingerprint density at radius 2 is 1.80 bits per heavy atom. The molecule has 1 N–H and O–H groups in total. The van der Waals surface area contributed by atoms with Gasteiger partial charge in [-0.05, 0) is 24.3 Å². The van der Waals surface area contributed by atoms with Crippen molar-refractivity contribution >= 4 is 38.9 Å². The summed E-state index contributed by atoms with van der Waals surface area (Å²) in [6, 6.07) is 11.0. The molecule has 0 aromatic heterocycles. The van der Waals surface area contributed by atoms with Crippen molar-refractivity contribution in [2.75, 3.05) is 18.9 Å². The van der Waals surface area contributed by atoms with Crippen molar-refractivity contribution in [1.29, 1.82) is 0 Å². The first-order valence-electron chi connectivity index (χ1n) is 6.97. The Kier molecular flexibility index (Phi) is 5.73. The lowest BCUT2D eigenvalue weighted by atomic mass is 10.3. The Labute approximate surface area is 149 Å². The molecule has 0 radical (unpaired) electrons. The number of rotatable bonds is 6. The highest BCUT2D eigenvalue weighted by Crippen LogP contribution is 2.21. The van der Waals surface area contributed by atoms with Gasteiger partial charge in [0.25, 0.3) is 5.69 Å². The zero-order valence-electron chi connectivity index (χ0n) is 13.0. The van der Waals surface area contributed by atoms with E-state index in [9.17, 15) is 23.3 Å². The summed E-state index contributed by atoms with van der Waals surface area (Å²) in [5.74, 6) is -0.568. The van der Waals surface area contributed by atoms with Crippen molar-refractivity contribution in [3.05, 3.63) is 63.7 Å². The van der Waals surface area contributed by atoms with E-state index in [0.717, 1.165) is 28.6 Å². The van der Waals surface area contributed by atoms with E-state index in [1.54, 1.807) is 24.3 Å². The summed E-state index contributed by atoms with van der Waals surface area (Å²) in [6.45, 7) is -0.440. The van der Waals surface area contributed by atoms with Gasteiger partial charge >= 0.3 is 0 Å². The molecule has 25 heavy (non-hydrogen) atoms. The molecule has 0 spiro atoms. The number of benzene rings is 2. The molecule has 1 amide bonds. The molecule has 0 fully saturated rings. The van der Waals surface area contributed by atoms with Crippen LogP contribution in [0.25, 0.3) is 0 Å². The van der Waals surface area contributed by atoms with Crippen molar-refractivity contribution in [3.63, 3.8) is 0 Å². The van der Waals surface area contributed by atoms with Gasteiger partial charge in [-0.1, -0.05) is 23.7 Å². The van der Waals surface area contributed by atoms with Gasteiger partial charge in [-0.25, -0.2) is 8.42 Å². The van der Waals surface area contributed by atoms with Gasteiger partial charge in [0.15, 0.2) is 0 Å². The van der Waals surface area contributed by atoms with E-state index in [1.165, 1.54) is 7.05 Å². The summed E-state index contributed by atoms with van der Waals surface area (Å²) >= 11 is 5.93. The van der Waals surface area contributed by atoms with Crippen LogP contribution in [0.1, 0.15) is 0 Å². The van der Waals surface area contributed by atoms with Crippen LogP contribution < -0.4 is 5.32 Å². The number of nitrogens with zero attached hydrogens (tertiary/aromatic N) is 2. The number of hydrogen-bond acceptors (Lipinski definition) is 5. The summed E-state index contributed by atoms with van der Waals surface area (Å²) in [6.07, 6.45) is 0. The van der Waals surface area contributed by atoms with Crippen LogP contribution in [0.5, 0.6) is 0 Å². The van der Waals surface area contributed by atoms with Gasteiger partial charge in [-0.3, -0.25) is 14.9 Å². The highest BCUT2D eigenvalue weighted by Gasteiger charge is 2.24. The third-order valence-electron chi connectivity index (χ3n) is 3.27. The Morgan fingerprint density at radius 1 is 1.20 bits per heavy atom. The SMILES string of the molecule is CN(CC(=O)Nc1ccccc1Cl)S(=O)(=O)c1ccc([N+](=O)[O-])cc1. The van der Waals surface area contributed by atoms with Crippen LogP contribution in [-0.4, -0.2) is 37.1 Å². The zero-order valence-corrected chi connectivity index (χ0v) is 14.6. The summed E-state index contributed by atoms with van der Waals surface area (Å²) < 4.78 is 25.7. The molecule has 0 aliphatic rings. The molecule has 0 atom stereocenters. The lowest BCUT2D eigenvalue weighted by Gasteiger charge is -2.17. The van der Waals surface area contributed by atoms with E-state index in [-0.39, 0.29) is 10.6 Å². The summed E-state index contributed by atoms with van der Waals surface area (Å²) in [5.41, 5.74) is 0.147. The molecular formula is C15H14ClN3O5S. The molecule has 0 aliphatic heterocycles. The molecule has 0 unspecified atom stereocenters. The maximum atomic E-state index is 12.4. The number of nitro benzene ring substituents is 1. The molecule has 2 aromatic rings. The quantitative estimate of drug-likeness (QED) is 0.608. The first kappa shape index (κ1) is 18.8. The van der Waals surface area contributed by atoms with Crippen LogP contribution in [0, 0.1) is 10.1 Å². The molecule has 2 rings (SSSR count). The summed E-state index contributed by atoms with van der Waals surface area (Å²) in [7, 11) is -2.72. The van der Waals surface area contributed by atoms with Gasteiger partial charge in [0, 0.05) is 19.2 Å². The minimum atomic E-state index is -3.96. The average molecular weight is 384 g/mol. The molecule has 0 aliphatic carbocycles. The molecule has 0 saturated carbocycles. The first-order valence-corrected chi connectivity index (χ1v) is 8.79. The number of para-hydroxylation sites is 1. The Bertz CT molecular complexity index is 900. The van der Waals surface area contributed by atoms with Crippen molar-refractivity contribution in [2.24, 2.45) is 0 Å². The number of nitro groups is 1. The topological polar surface area (TPSA) is 110 Å². The van der Waals surface area contributed by atoms with Crippen molar-refractivity contribution < 1.29 is 18.1 Å². The number of hydrogen-bond donors (Lipinski definition) is 1. The van der Waals surface area contributed by atoms with Crippen molar-refractivity contribution in [2.45, 2.75) is 4.90 Å². The number of amides is 1. The van der Waals surface area contributed by atoms with E-state index in [2.05, 4.69) is 5.32 Å². The standard InChI is InChI=1S/C15H14ClN3O5S/c1-18(10-15(20)17-14-5-3-2-4-13(14)16)25(23,24)12-8-6-11(7-9-12)19(21)22/h2-9H,10H2,1H3,(H,17,20). The van der Waals surface area contributed by atoms with E-state index in [0.29, 0.717) is 10.7 Å². The minimum absolute atomic E-state index is 0.147. The van der Waals surface area contributed by atoms with Crippen LogP contribution in [0.3, 0.4) is 0 Å². The monoisotopic (exact) mass is 383 g/mol. The third-order valence-corrected chi connectivity index (χ3v) is 5.42. The molecule has 0 heterocycles. The second kappa shape index (κ2) is 7.60. The van der Waals surface area contributed by atoms with Crippen LogP contribution >= 0.6 is 11.6 Å². The van der Waals surface area contributed by atoms with Gasteiger partial charge in [0.05, 0.1) is 27.1 Å². The molecule has 0 saturated heterocycles. The largest absolute Gasteiger partial charge is 0.324 e. The number of nitrogens with one attached hydrogen (secondary N) is 1. The van der Waals surface area contributed by atoms with E-state index < -0.39 is 27.4 Å². The molecule has 10 heteroatoms. The Balaban J connectivity index is 2.10. The number of halogens is 1. The second-order valence-electron chi connectivity index (χ2n) is 5.04. The van der Waals surface area contributed by atoms with Crippen LogP contribution in [0.4, 0.5) is 11.4 Å². The number of likely N-dealkylation sites (N-methyl/N-ethyl adjacent to an activating group) is 1. The number of anilines is 1. The molecule has 8 nitrogen and oxygen atoms in total. The van der Waals surface area contributed by atoms with E-state index in [1.807, 2.05) is 0 Å². The number of carbonyl (C=O) groups excluding carboxylic acids is 1. The van der Waals surface area contributed by atoms with Gasteiger partial charge in [0.2, 0.25) is 15.9 Å². The molecule has 132 valence electrons. The normalized spacial score (nSPS) is 11.3.